The fourth-order valence-corrected chi connectivity index (χ4v) is 3.35. The van der Waals surface area contributed by atoms with E-state index in [2.05, 4.69) is 69.2 Å². The van der Waals surface area contributed by atoms with Gasteiger partial charge in [0.2, 0.25) is 5.91 Å². The van der Waals surface area contributed by atoms with Gasteiger partial charge < -0.3 is 5.32 Å². The molecule has 1 rings (SSSR count). The molecule has 0 saturated carbocycles. The van der Waals surface area contributed by atoms with Gasteiger partial charge in [-0.3, -0.25) is 9.89 Å². The van der Waals surface area contributed by atoms with Crippen molar-refractivity contribution in [2.24, 2.45) is 22.2 Å². The van der Waals surface area contributed by atoms with Crippen molar-refractivity contribution in [3.8, 4) is 0 Å². The van der Waals surface area contributed by atoms with E-state index in [0.717, 1.165) is 12.8 Å². The molecule has 0 radical (unpaired) electrons. The molecule has 1 amide bonds. The Bertz CT molecular complexity index is 548. The average molecular weight is 334 g/mol. The van der Waals surface area contributed by atoms with Gasteiger partial charge in [0, 0.05) is 11.5 Å². The molecule has 0 saturated heterocycles. The topological polar surface area (TPSA) is 57.8 Å². The molecular weight excluding hydrogens is 298 g/mol. The lowest BCUT2D eigenvalue weighted by atomic mass is 9.73. The lowest BCUT2D eigenvalue weighted by molar-refractivity contribution is -0.125. The van der Waals surface area contributed by atoms with Gasteiger partial charge in [-0.1, -0.05) is 67.5 Å². The van der Waals surface area contributed by atoms with Crippen LogP contribution in [0.15, 0.2) is 24.4 Å². The fraction of sp³-hybridized carbons (Fsp3) is 0.700. The van der Waals surface area contributed by atoms with E-state index in [1.807, 2.05) is 13.8 Å². The van der Waals surface area contributed by atoms with Crippen LogP contribution >= 0.6 is 0 Å². The van der Waals surface area contributed by atoms with E-state index in [9.17, 15) is 4.79 Å². The van der Waals surface area contributed by atoms with Gasteiger partial charge in [0.25, 0.3) is 0 Å². The number of H-pyrrole nitrogens is 1. The van der Waals surface area contributed by atoms with Crippen molar-refractivity contribution in [1.82, 2.24) is 10.2 Å². The van der Waals surface area contributed by atoms with Crippen LogP contribution in [0.4, 0.5) is 5.82 Å². The first-order valence-electron chi connectivity index (χ1n) is 8.81. The van der Waals surface area contributed by atoms with Gasteiger partial charge in [0.05, 0.1) is 6.20 Å². The summed E-state index contributed by atoms with van der Waals surface area (Å²) >= 11 is 0. The minimum Gasteiger partial charge on any atom is -0.311 e. The molecule has 4 nitrogen and oxygen atoms in total. The molecule has 4 heteroatoms. The summed E-state index contributed by atoms with van der Waals surface area (Å²) < 4.78 is 0. The fourth-order valence-electron chi connectivity index (χ4n) is 3.35. The van der Waals surface area contributed by atoms with Gasteiger partial charge in [-0.05, 0) is 29.6 Å². The van der Waals surface area contributed by atoms with E-state index >= 15 is 0 Å². The molecule has 0 bridgehead atoms. The highest BCUT2D eigenvalue weighted by atomic mass is 16.2. The quantitative estimate of drug-likeness (QED) is 0.655. The largest absolute Gasteiger partial charge is 0.311 e. The normalized spacial score (nSPS) is 14.8. The predicted octanol–water partition coefficient (Wildman–Crippen LogP) is 5.42. The summed E-state index contributed by atoms with van der Waals surface area (Å²) in [6.07, 6.45) is 8.14. The van der Waals surface area contributed by atoms with Crippen LogP contribution in [0, 0.1) is 22.2 Å². The van der Waals surface area contributed by atoms with Gasteiger partial charge >= 0.3 is 0 Å². The number of hydrogen-bond acceptors (Lipinski definition) is 2. The van der Waals surface area contributed by atoms with Crippen molar-refractivity contribution in [2.75, 3.05) is 5.32 Å². The van der Waals surface area contributed by atoms with Crippen LogP contribution in [0.1, 0.15) is 68.2 Å². The Balaban J connectivity index is 2.67. The minimum absolute atomic E-state index is 0.0102. The molecule has 0 aromatic carbocycles. The summed E-state index contributed by atoms with van der Waals surface area (Å²) in [5.41, 5.74) is -0.176. The molecule has 1 heterocycles. The van der Waals surface area contributed by atoms with E-state index in [1.54, 1.807) is 12.3 Å². The van der Waals surface area contributed by atoms with Gasteiger partial charge in [-0.25, -0.2) is 0 Å². The minimum atomic E-state index is -0.466. The first-order valence-corrected chi connectivity index (χ1v) is 8.81. The monoisotopic (exact) mass is 333 g/mol. The zero-order valence-corrected chi connectivity index (χ0v) is 16.7. The standard InChI is InChI=1S/C20H35N3O/c1-15(13-18(2,3)4)9-11-19(5,6)14-20(7,8)17(24)22-16-10-12-21-23-16/h9-12,15H,13-14H2,1-8H3,(H2,21,22,23,24)/b11-9-. The smallest absolute Gasteiger partial charge is 0.231 e. The molecule has 1 aromatic rings. The van der Waals surface area contributed by atoms with Gasteiger partial charge in [-0.15, -0.1) is 0 Å². The number of nitrogens with zero attached hydrogens (tertiary/aromatic N) is 1. The Hall–Kier alpha value is -1.58. The van der Waals surface area contributed by atoms with E-state index in [-0.39, 0.29) is 11.3 Å². The zero-order valence-electron chi connectivity index (χ0n) is 16.7. The molecule has 0 aliphatic heterocycles. The Kier molecular flexibility index (Phi) is 6.43. The number of carbonyl (C=O) groups is 1. The van der Waals surface area contributed by atoms with Crippen molar-refractivity contribution >= 4 is 11.7 Å². The van der Waals surface area contributed by atoms with Crippen molar-refractivity contribution in [2.45, 2.75) is 68.2 Å². The second kappa shape index (κ2) is 7.54. The van der Waals surface area contributed by atoms with E-state index < -0.39 is 5.41 Å². The first kappa shape index (κ1) is 20.5. The number of aromatic nitrogens is 2. The number of allylic oxidation sites excluding steroid dienone is 2. The van der Waals surface area contributed by atoms with Crippen LogP contribution in [-0.4, -0.2) is 16.1 Å². The maximum absolute atomic E-state index is 12.6. The maximum atomic E-state index is 12.6. The molecule has 0 aliphatic carbocycles. The first-order chi connectivity index (χ1) is 10.8. The predicted molar refractivity (Wildman–Crippen MR) is 102 cm³/mol. The molecule has 1 aromatic heterocycles. The summed E-state index contributed by atoms with van der Waals surface area (Å²) in [6, 6.07) is 1.76. The Morgan fingerprint density at radius 2 is 1.88 bits per heavy atom. The van der Waals surface area contributed by atoms with Crippen molar-refractivity contribution in [3.63, 3.8) is 0 Å². The Morgan fingerprint density at radius 1 is 1.25 bits per heavy atom. The molecule has 24 heavy (non-hydrogen) atoms. The number of carbonyl (C=O) groups excluding carboxylic acids is 1. The summed E-state index contributed by atoms with van der Waals surface area (Å²) in [4.78, 5) is 12.6. The molecule has 0 fully saturated rings. The SMILES string of the molecule is CC(/C=C\C(C)(C)CC(C)(C)C(=O)Nc1ccn[nH]1)CC(C)(C)C. The van der Waals surface area contributed by atoms with Gasteiger partial charge in [0.15, 0.2) is 0 Å². The number of anilines is 1. The van der Waals surface area contributed by atoms with E-state index in [0.29, 0.717) is 17.2 Å². The third-order valence-corrected chi connectivity index (χ3v) is 4.07. The van der Waals surface area contributed by atoms with Crippen LogP contribution in [-0.2, 0) is 4.79 Å². The number of amides is 1. The van der Waals surface area contributed by atoms with Crippen molar-refractivity contribution < 1.29 is 4.79 Å². The number of aromatic amines is 1. The average Bonchev–Trinajstić information content (AvgIpc) is 2.86. The van der Waals surface area contributed by atoms with Crippen LogP contribution in [0.2, 0.25) is 0 Å². The van der Waals surface area contributed by atoms with Crippen molar-refractivity contribution in [3.05, 3.63) is 24.4 Å². The maximum Gasteiger partial charge on any atom is 0.231 e. The number of nitrogens with one attached hydrogen (secondary N) is 2. The molecular formula is C20H35N3O. The highest BCUT2D eigenvalue weighted by Crippen LogP contribution is 2.36. The van der Waals surface area contributed by atoms with Gasteiger partial charge in [-0.2, -0.15) is 5.10 Å². The van der Waals surface area contributed by atoms with Crippen LogP contribution in [0.25, 0.3) is 0 Å². The zero-order chi connectivity index (χ0) is 18.6. The summed E-state index contributed by atoms with van der Waals surface area (Å²) in [5.74, 6) is 1.18. The Labute approximate surface area is 147 Å². The third-order valence-electron chi connectivity index (χ3n) is 4.07. The lowest BCUT2D eigenvalue weighted by Crippen LogP contribution is -2.34. The second-order valence-electron chi connectivity index (χ2n) is 9.57. The highest BCUT2D eigenvalue weighted by molar-refractivity contribution is 5.93. The molecule has 1 atom stereocenters. The molecule has 1 unspecified atom stereocenters. The lowest BCUT2D eigenvalue weighted by Gasteiger charge is -2.32. The highest BCUT2D eigenvalue weighted by Gasteiger charge is 2.33. The summed E-state index contributed by atoms with van der Waals surface area (Å²) in [7, 11) is 0. The third kappa shape index (κ3) is 7.33. The second-order valence-corrected chi connectivity index (χ2v) is 9.57. The molecule has 0 aliphatic rings. The molecule has 136 valence electrons. The van der Waals surface area contributed by atoms with Crippen LogP contribution < -0.4 is 5.32 Å². The van der Waals surface area contributed by atoms with Crippen LogP contribution in [0.3, 0.4) is 0 Å². The van der Waals surface area contributed by atoms with Gasteiger partial charge in [0.1, 0.15) is 5.82 Å². The Morgan fingerprint density at radius 3 is 2.38 bits per heavy atom. The van der Waals surface area contributed by atoms with Crippen LogP contribution in [0.5, 0.6) is 0 Å². The molecule has 0 spiro atoms. The van der Waals surface area contributed by atoms with E-state index in [4.69, 9.17) is 0 Å². The molecule has 2 N–H and O–H groups in total. The summed E-state index contributed by atoms with van der Waals surface area (Å²) in [6.45, 7) is 17.4. The van der Waals surface area contributed by atoms with Crippen molar-refractivity contribution in [1.29, 1.82) is 0 Å². The summed E-state index contributed by atoms with van der Waals surface area (Å²) in [5, 5.41) is 9.53. The number of rotatable bonds is 7. The number of hydrogen-bond donors (Lipinski definition) is 2. The van der Waals surface area contributed by atoms with E-state index in [1.165, 1.54) is 0 Å².